The van der Waals surface area contributed by atoms with Crippen LogP contribution in [0.3, 0.4) is 0 Å². The van der Waals surface area contributed by atoms with Crippen LogP contribution in [0, 0.1) is 0 Å². The first-order valence-corrected chi connectivity index (χ1v) is 8.74. The largest absolute Gasteiger partial charge is 0.397 e. The van der Waals surface area contributed by atoms with Gasteiger partial charge in [0.25, 0.3) is 0 Å². The van der Waals surface area contributed by atoms with Gasteiger partial charge in [-0.1, -0.05) is 26.2 Å². The van der Waals surface area contributed by atoms with Crippen molar-refractivity contribution in [1.29, 1.82) is 0 Å². The zero-order valence-corrected chi connectivity index (χ0v) is 13.0. The van der Waals surface area contributed by atoms with Crippen molar-refractivity contribution in [2.45, 2.75) is 70.3 Å². The van der Waals surface area contributed by atoms with E-state index >= 15 is 0 Å². The van der Waals surface area contributed by atoms with Crippen molar-refractivity contribution in [2.24, 2.45) is 0 Å². The van der Waals surface area contributed by atoms with Crippen LogP contribution in [0.2, 0.25) is 0 Å². The molecule has 0 atom stereocenters. The van der Waals surface area contributed by atoms with Crippen molar-refractivity contribution in [3.05, 3.63) is 10.4 Å². The fourth-order valence-electron chi connectivity index (χ4n) is 3.14. The summed E-state index contributed by atoms with van der Waals surface area (Å²) in [4.78, 5) is 12.8. The SMILES string of the molecule is CCC(=O)c1sc(NC2CCCCC2)c(C2CC2)c1N. The van der Waals surface area contributed by atoms with Crippen LogP contribution in [0.15, 0.2) is 0 Å². The number of anilines is 2. The Bertz CT molecular complexity index is 499. The molecule has 110 valence electrons. The molecule has 3 N–H and O–H groups in total. The fourth-order valence-corrected chi connectivity index (χ4v) is 4.44. The van der Waals surface area contributed by atoms with Crippen LogP contribution in [-0.2, 0) is 0 Å². The zero-order valence-electron chi connectivity index (χ0n) is 12.2. The number of hydrogen-bond acceptors (Lipinski definition) is 4. The van der Waals surface area contributed by atoms with E-state index in [4.69, 9.17) is 5.73 Å². The van der Waals surface area contributed by atoms with Gasteiger partial charge in [-0.3, -0.25) is 4.79 Å². The molecule has 4 heteroatoms. The number of thiophene rings is 1. The summed E-state index contributed by atoms with van der Waals surface area (Å²) in [6.45, 7) is 1.91. The molecule has 0 bridgehead atoms. The lowest BCUT2D eigenvalue weighted by atomic mass is 9.95. The Balaban J connectivity index is 1.86. The summed E-state index contributed by atoms with van der Waals surface area (Å²) in [6.07, 6.45) is 9.48. The number of nitrogens with one attached hydrogen (secondary N) is 1. The molecular formula is C16H24N2OS. The number of ketones is 1. The lowest BCUT2D eigenvalue weighted by molar-refractivity contribution is 0.0993. The van der Waals surface area contributed by atoms with E-state index < -0.39 is 0 Å². The second-order valence-corrected chi connectivity index (χ2v) is 7.14. The Hall–Kier alpha value is -1.03. The first-order valence-electron chi connectivity index (χ1n) is 7.92. The van der Waals surface area contributed by atoms with Crippen LogP contribution in [-0.4, -0.2) is 11.8 Å². The molecule has 2 aliphatic rings. The Kier molecular flexibility index (Phi) is 4.01. The average molecular weight is 292 g/mol. The van der Waals surface area contributed by atoms with Crippen LogP contribution in [0.4, 0.5) is 10.7 Å². The summed E-state index contributed by atoms with van der Waals surface area (Å²) < 4.78 is 0. The molecule has 1 heterocycles. The van der Waals surface area contributed by atoms with Crippen molar-refractivity contribution in [3.63, 3.8) is 0 Å². The van der Waals surface area contributed by atoms with E-state index in [0.717, 1.165) is 10.6 Å². The predicted molar refractivity (Wildman–Crippen MR) is 85.8 cm³/mol. The monoisotopic (exact) mass is 292 g/mol. The van der Waals surface area contributed by atoms with Gasteiger partial charge in [-0.15, -0.1) is 11.3 Å². The average Bonchev–Trinajstić information content (AvgIpc) is 3.24. The normalized spacial score (nSPS) is 20.1. The number of carbonyl (C=O) groups excluding carboxylic acids is 1. The minimum atomic E-state index is 0.186. The van der Waals surface area contributed by atoms with Crippen LogP contribution >= 0.6 is 11.3 Å². The highest BCUT2D eigenvalue weighted by Gasteiger charge is 2.33. The topological polar surface area (TPSA) is 55.1 Å². The van der Waals surface area contributed by atoms with E-state index in [1.54, 1.807) is 11.3 Å². The van der Waals surface area contributed by atoms with Gasteiger partial charge in [0, 0.05) is 18.0 Å². The molecule has 2 aliphatic carbocycles. The number of rotatable bonds is 5. The van der Waals surface area contributed by atoms with Gasteiger partial charge in [-0.05, 0) is 31.6 Å². The summed E-state index contributed by atoms with van der Waals surface area (Å²) in [7, 11) is 0. The molecule has 0 aromatic carbocycles. The Morgan fingerprint density at radius 2 is 1.95 bits per heavy atom. The number of carbonyl (C=O) groups is 1. The smallest absolute Gasteiger partial charge is 0.174 e. The van der Waals surface area contributed by atoms with E-state index in [1.807, 2.05) is 6.92 Å². The molecule has 2 fully saturated rings. The first-order chi connectivity index (χ1) is 9.70. The third-order valence-corrected chi connectivity index (χ3v) is 5.68. The third kappa shape index (κ3) is 2.71. The highest BCUT2D eigenvalue weighted by Crippen LogP contribution is 2.51. The molecule has 1 aromatic heterocycles. The van der Waals surface area contributed by atoms with Gasteiger partial charge in [0.1, 0.15) is 0 Å². The standard InChI is InChI=1S/C16H24N2OS/c1-2-12(19)15-14(17)13(10-8-9-10)16(20-15)18-11-6-4-3-5-7-11/h10-11,18H,2-9,17H2,1H3. The number of nitrogens with two attached hydrogens (primary N) is 1. The maximum Gasteiger partial charge on any atom is 0.174 e. The molecule has 0 radical (unpaired) electrons. The molecule has 2 saturated carbocycles. The molecule has 3 nitrogen and oxygen atoms in total. The molecule has 0 spiro atoms. The number of Topliss-reactive ketones (excluding diaryl/α,β-unsaturated/α-hetero) is 1. The van der Waals surface area contributed by atoms with Crippen molar-refractivity contribution >= 4 is 27.8 Å². The maximum atomic E-state index is 12.0. The summed E-state index contributed by atoms with van der Waals surface area (Å²) in [5.41, 5.74) is 8.29. The van der Waals surface area contributed by atoms with Gasteiger partial charge < -0.3 is 11.1 Å². The van der Waals surface area contributed by atoms with E-state index in [9.17, 15) is 4.79 Å². The summed E-state index contributed by atoms with van der Waals surface area (Å²) in [5, 5.41) is 4.89. The van der Waals surface area contributed by atoms with Gasteiger partial charge >= 0.3 is 0 Å². The molecule has 20 heavy (non-hydrogen) atoms. The van der Waals surface area contributed by atoms with Gasteiger partial charge in [0.2, 0.25) is 0 Å². The van der Waals surface area contributed by atoms with E-state index in [1.165, 1.54) is 55.5 Å². The predicted octanol–water partition coefficient (Wildman–Crippen LogP) is 4.55. The second-order valence-electron chi connectivity index (χ2n) is 6.12. The van der Waals surface area contributed by atoms with Crippen LogP contribution < -0.4 is 11.1 Å². The van der Waals surface area contributed by atoms with E-state index in [-0.39, 0.29) is 5.78 Å². The lowest BCUT2D eigenvalue weighted by Crippen LogP contribution is -2.22. The molecule has 1 aromatic rings. The van der Waals surface area contributed by atoms with E-state index in [0.29, 0.717) is 18.4 Å². The maximum absolute atomic E-state index is 12.0. The van der Waals surface area contributed by atoms with Gasteiger partial charge in [0.15, 0.2) is 5.78 Å². The summed E-state index contributed by atoms with van der Waals surface area (Å²) in [6, 6.07) is 0.573. The van der Waals surface area contributed by atoms with Crippen molar-refractivity contribution in [1.82, 2.24) is 0 Å². The molecular weight excluding hydrogens is 268 g/mol. The number of hydrogen-bond donors (Lipinski definition) is 2. The Morgan fingerprint density at radius 1 is 1.25 bits per heavy atom. The highest BCUT2D eigenvalue weighted by atomic mass is 32.1. The summed E-state index contributed by atoms with van der Waals surface area (Å²) >= 11 is 1.60. The zero-order chi connectivity index (χ0) is 14.1. The van der Waals surface area contributed by atoms with E-state index in [2.05, 4.69) is 5.32 Å². The fraction of sp³-hybridized carbons (Fsp3) is 0.688. The van der Waals surface area contributed by atoms with Gasteiger partial charge in [0.05, 0.1) is 15.6 Å². The molecule has 0 saturated heterocycles. The lowest BCUT2D eigenvalue weighted by Gasteiger charge is -2.23. The number of nitrogen functional groups attached to an aromatic ring is 1. The minimum Gasteiger partial charge on any atom is -0.397 e. The highest BCUT2D eigenvalue weighted by molar-refractivity contribution is 7.18. The van der Waals surface area contributed by atoms with Crippen LogP contribution in [0.1, 0.15) is 79.4 Å². The van der Waals surface area contributed by atoms with Crippen LogP contribution in [0.25, 0.3) is 0 Å². The quantitative estimate of drug-likeness (QED) is 0.783. The second kappa shape index (κ2) is 5.76. The van der Waals surface area contributed by atoms with Gasteiger partial charge in [-0.2, -0.15) is 0 Å². The Labute approximate surface area is 124 Å². The third-order valence-electron chi connectivity index (χ3n) is 4.48. The van der Waals surface area contributed by atoms with Crippen molar-refractivity contribution in [2.75, 3.05) is 11.1 Å². The minimum absolute atomic E-state index is 0.186. The van der Waals surface area contributed by atoms with Crippen molar-refractivity contribution < 1.29 is 4.79 Å². The van der Waals surface area contributed by atoms with Crippen LogP contribution in [0.5, 0.6) is 0 Å². The van der Waals surface area contributed by atoms with Crippen molar-refractivity contribution in [3.8, 4) is 0 Å². The van der Waals surface area contributed by atoms with Gasteiger partial charge in [-0.25, -0.2) is 0 Å². The molecule has 0 aliphatic heterocycles. The Morgan fingerprint density at radius 3 is 2.55 bits per heavy atom. The first kappa shape index (κ1) is 13.9. The molecule has 0 amide bonds. The summed E-state index contributed by atoms with van der Waals surface area (Å²) in [5.74, 6) is 0.779. The molecule has 0 unspecified atom stereocenters. The molecule has 3 rings (SSSR count).